The fraction of sp³-hybridized carbons (Fsp3) is 0.0769. The van der Waals surface area contributed by atoms with Gasteiger partial charge in [-0.05, 0) is 54.6 Å². The smallest absolute Gasteiger partial charge is 0.343 e. The van der Waals surface area contributed by atoms with Crippen LogP contribution in [0.3, 0.4) is 0 Å². The molecule has 2 heterocycles. The first kappa shape index (κ1) is 24.1. The number of esters is 1. The second-order valence-corrected chi connectivity index (χ2v) is 8.71. The predicted octanol–water partition coefficient (Wildman–Crippen LogP) is 4.07. The van der Waals surface area contributed by atoms with Crippen LogP contribution in [0.5, 0.6) is 23.0 Å². The monoisotopic (exact) mass is 564 g/mol. The molecule has 11 heteroatoms. The predicted molar refractivity (Wildman–Crippen MR) is 134 cm³/mol. The number of halogens is 1. The van der Waals surface area contributed by atoms with Gasteiger partial charge in [-0.15, -0.1) is 0 Å². The van der Waals surface area contributed by atoms with Gasteiger partial charge >= 0.3 is 12.0 Å². The Kier molecular flexibility index (Phi) is 6.36. The van der Waals surface area contributed by atoms with E-state index in [2.05, 4.69) is 21.2 Å². The molecule has 1 N–H and O–H groups in total. The van der Waals surface area contributed by atoms with E-state index < -0.39 is 23.8 Å². The largest absolute Gasteiger partial charge is 0.497 e. The molecular formula is C26H17BrN2O8. The van der Waals surface area contributed by atoms with Crippen molar-refractivity contribution in [1.82, 2.24) is 5.32 Å². The second-order valence-electron chi connectivity index (χ2n) is 7.80. The van der Waals surface area contributed by atoms with Crippen molar-refractivity contribution in [3.05, 3.63) is 81.8 Å². The third kappa shape index (κ3) is 4.76. The minimum Gasteiger partial charge on any atom is -0.497 e. The van der Waals surface area contributed by atoms with E-state index in [1.807, 2.05) is 0 Å². The number of barbiturate groups is 1. The van der Waals surface area contributed by atoms with Crippen LogP contribution in [0.15, 0.2) is 70.7 Å². The number of hydrogen-bond donors (Lipinski definition) is 1. The zero-order chi connectivity index (χ0) is 26.1. The highest BCUT2D eigenvalue weighted by Gasteiger charge is 2.37. The van der Waals surface area contributed by atoms with Crippen LogP contribution >= 0.6 is 15.9 Å². The molecule has 1 saturated heterocycles. The van der Waals surface area contributed by atoms with Gasteiger partial charge in [0.15, 0.2) is 11.5 Å². The summed E-state index contributed by atoms with van der Waals surface area (Å²) in [6.07, 6.45) is 1.25. The topological polar surface area (TPSA) is 120 Å². The van der Waals surface area contributed by atoms with Crippen LogP contribution < -0.4 is 29.2 Å². The van der Waals surface area contributed by atoms with Crippen molar-refractivity contribution in [2.75, 3.05) is 18.8 Å². The highest BCUT2D eigenvalue weighted by atomic mass is 79.9. The Hall–Kier alpha value is -4.64. The number of ether oxygens (including phenoxy) is 4. The van der Waals surface area contributed by atoms with Gasteiger partial charge in [-0.2, -0.15) is 0 Å². The van der Waals surface area contributed by atoms with Gasteiger partial charge in [-0.25, -0.2) is 14.5 Å². The Balaban J connectivity index is 1.48. The highest BCUT2D eigenvalue weighted by molar-refractivity contribution is 9.10. The van der Waals surface area contributed by atoms with E-state index in [4.69, 9.17) is 18.9 Å². The minimum absolute atomic E-state index is 0.0592. The fourth-order valence-electron chi connectivity index (χ4n) is 3.70. The molecule has 0 saturated carbocycles. The number of amides is 4. The number of methoxy groups -OCH3 is 1. The average molecular weight is 565 g/mol. The molecule has 10 nitrogen and oxygen atoms in total. The van der Waals surface area contributed by atoms with Crippen molar-refractivity contribution >= 4 is 51.5 Å². The van der Waals surface area contributed by atoms with Crippen molar-refractivity contribution in [1.29, 1.82) is 0 Å². The Morgan fingerprint density at radius 3 is 2.65 bits per heavy atom. The normalized spacial score (nSPS) is 15.6. The molecule has 5 rings (SSSR count). The van der Waals surface area contributed by atoms with Crippen molar-refractivity contribution in [2.24, 2.45) is 0 Å². The van der Waals surface area contributed by atoms with E-state index in [1.54, 1.807) is 30.3 Å². The summed E-state index contributed by atoms with van der Waals surface area (Å²) in [7, 11) is 1.45. The van der Waals surface area contributed by atoms with Crippen LogP contribution in [-0.2, 0) is 9.59 Å². The van der Waals surface area contributed by atoms with Gasteiger partial charge in [0.1, 0.15) is 17.1 Å². The maximum atomic E-state index is 13.3. The van der Waals surface area contributed by atoms with E-state index >= 15 is 0 Å². The van der Waals surface area contributed by atoms with Gasteiger partial charge in [0.2, 0.25) is 6.79 Å². The van der Waals surface area contributed by atoms with Crippen LogP contribution in [0.1, 0.15) is 15.9 Å². The molecular weight excluding hydrogens is 548 g/mol. The summed E-state index contributed by atoms with van der Waals surface area (Å²) >= 11 is 3.35. The van der Waals surface area contributed by atoms with Gasteiger partial charge in [0, 0.05) is 16.1 Å². The molecule has 1 fully saturated rings. The number of imide groups is 2. The van der Waals surface area contributed by atoms with Crippen LogP contribution in [0, 0.1) is 0 Å². The maximum Gasteiger partial charge on any atom is 0.343 e. The zero-order valence-electron chi connectivity index (χ0n) is 19.1. The molecule has 186 valence electrons. The number of anilines is 1. The number of hydrogen-bond acceptors (Lipinski definition) is 8. The Bertz CT molecular complexity index is 1500. The average Bonchev–Trinajstić information content (AvgIpc) is 3.36. The lowest BCUT2D eigenvalue weighted by molar-refractivity contribution is -0.122. The summed E-state index contributed by atoms with van der Waals surface area (Å²) in [4.78, 5) is 52.1. The lowest BCUT2D eigenvalue weighted by Crippen LogP contribution is -2.54. The lowest BCUT2D eigenvalue weighted by atomic mass is 10.1. The van der Waals surface area contributed by atoms with Crippen molar-refractivity contribution in [3.8, 4) is 23.0 Å². The van der Waals surface area contributed by atoms with E-state index in [9.17, 15) is 19.2 Å². The molecule has 3 aromatic rings. The summed E-state index contributed by atoms with van der Waals surface area (Å²) in [6, 6.07) is 14.7. The number of benzene rings is 3. The molecule has 0 radical (unpaired) electrons. The molecule has 0 unspecified atom stereocenters. The minimum atomic E-state index is -0.899. The summed E-state index contributed by atoms with van der Waals surface area (Å²) in [6.45, 7) is 0.0592. The van der Waals surface area contributed by atoms with Crippen molar-refractivity contribution in [3.63, 3.8) is 0 Å². The van der Waals surface area contributed by atoms with Crippen LogP contribution in [0.2, 0.25) is 0 Å². The van der Waals surface area contributed by atoms with E-state index in [0.717, 1.165) is 4.90 Å². The number of urea groups is 1. The Labute approximate surface area is 218 Å². The number of fused-ring (bicyclic) bond motifs is 1. The van der Waals surface area contributed by atoms with Gasteiger partial charge < -0.3 is 18.9 Å². The van der Waals surface area contributed by atoms with Crippen LogP contribution in [0.4, 0.5) is 10.5 Å². The summed E-state index contributed by atoms with van der Waals surface area (Å²) in [5, 5.41) is 2.16. The molecule has 37 heavy (non-hydrogen) atoms. The molecule has 0 aliphatic carbocycles. The first-order chi connectivity index (χ1) is 17.8. The summed E-state index contributed by atoms with van der Waals surface area (Å²) in [5.74, 6) is -0.985. The standard InChI is InChI=1S/C26H17BrN2O8/c1-34-18-4-2-3-17(12-18)29-24(31)19(23(30)28-26(29)33)10-15-9-16(27)6-8-20(15)37-25(32)14-5-7-21-22(11-14)36-13-35-21/h2-12H,13H2,1H3,(H,28,30,33)/b19-10-. The van der Waals surface area contributed by atoms with E-state index in [0.29, 0.717) is 21.7 Å². The number of nitrogens with zero attached hydrogens (tertiary/aromatic N) is 1. The van der Waals surface area contributed by atoms with E-state index in [-0.39, 0.29) is 34.9 Å². The summed E-state index contributed by atoms with van der Waals surface area (Å²) < 4.78 is 21.9. The van der Waals surface area contributed by atoms with Crippen LogP contribution in [-0.4, -0.2) is 37.7 Å². The quantitative estimate of drug-likeness (QED) is 0.213. The number of carbonyl (C=O) groups excluding carboxylic acids is 4. The van der Waals surface area contributed by atoms with E-state index in [1.165, 1.54) is 43.5 Å². The molecule has 4 amide bonds. The molecule has 2 aliphatic rings. The molecule has 3 aromatic carbocycles. The third-order valence-electron chi connectivity index (χ3n) is 5.50. The third-order valence-corrected chi connectivity index (χ3v) is 5.99. The highest BCUT2D eigenvalue weighted by Crippen LogP contribution is 2.34. The Morgan fingerprint density at radius 1 is 1.03 bits per heavy atom. The van der Waals surface area contributed by atoms with Crippen molar-refractivity contribution in [2.45, 2.75) is 0 Å². The first-order valence-corrected chi connectivity index (χ1v) is 11.6. The molecule has 0 aromatic heterocycles. The zero-order valence-corrected chi connectivity index (χ0v) is 20.7. The number of rotatable bonds is 5. The molecule has 2 aliphatic heterocycles. The maximum absolute atomic E-state index is 13.3. The number of nitrogens with one attached hydrogen (secondary N) is 1. The van der Waals surface area contributed by atoms with Gasteiger partial charge in [-0.1, -0.05) is 22.0 Å². The van der Waals surface area contributed by atoms with Gasteiger partial charge in [0.25, 0.3) is 11.8 Å². The molecule has 0 bridgehead atoms. The number of carbonyl (C=O) groups is 4. The lowest BCUT2D eigenvalue weighted by Gasteiger charge is -2.26. The van der Waals surface area contributed by atoms with Crippen LogP contribution in [0.25, 0.3) is 6.08 Å². The first-order valence-electron chi connectivity index (χ1n) is 10.8. The van der Waals surface area contributed by atoms with Gasteiger partial charge in [0.05, 0.1) is 18.4 Å². The summed E-state index contributed by atoms with van der Waals surface area (Å²) in [5.41, 5.74) is 0.346. The second kappa shape index (κ2) is 9.78. The van der Waals surface area contributed by atoms with Gasteiger partial charge in [-0.3, -0.25) is 14.9 Å². The fourth-order valence-corrected chi connectivity index (χ4v) is 4.08. The van der Waals surface area contributed by atoms with Crippen molar-refractivity contribution < 1.29 is 38.1 Å². The Morgan fingerprint density at radius 2 is 1.84 bits per heavy atom. The molecule has 0 spiro atoms. The SMILES string of the molecule is COc1cccc(N2C(=O)NC(=O)/C(=C/c3cc(Br)ccc3OC(=O)c3ccc4c(c3)OCO4)C2=O)c1. The molecule has 0 atom stereocenters.